The molecule has 19 heteroatoms. The van der Waals surface area contributed by atoms with Crippen LogP contribution in [-0.2, 0) is 65.4 Å². The lowest BCUT2D eigenvalue weighted by atomic mass is 10.0. The van der Waals surface area contributed by atoms with Gasteiger partial charge in [0, 0.05) is 25.7 Å². The summed E-state index contributed by atoms with van der Waals surface area (Å²) in [6.45, 7) is 9.59. The highest BCUT2D eigenvalue weighted by atomic mass is 31.2. The number of rotatable bonds is 81. The fourth-order valence-electron chi connectivity index (χ4n) is 12.7. The molecule has 0 aliphatic heterocycles. The summed E-state index contributed by atoms with van der Waals surface area (Å²) in [6.07, 6.45) is 64.0. The third-order valence-corrected chi connectivity index (χ3v) is 21.1. The van der Waals surface area contributed by atoms with E-state index in [-0.39, 0.29) is 25.7 Å². The van der Waals surface area contributed by atoms with E-state index in [0.717, 1.165) is 102 Å². The number of phosphoric acid groups is 2. The standard InChI is InChI=1S/C82H160O17P2/c1-7-9-11-13-15-17-19-21-23-24-25-26-30-34-37-41-45-52-58-64-79(84)92-70-77(98-81(86)67-61-55-47-43-39-35-31-28-27-29-32-36-40-44-50-56-62-74(3)4)72-96-100(88,89)94-68-76(83)69-95-101(90,91)97-73-78(71-93-80(85)65-59-53-49-48-51-57-63-75(5)6)99-82(87)66-60-54-46-42-38-33-22-20-18-16-14-12-10-8-2/h74-78,83H,7-73H2,1-6H3,(H,88,89)(H,90,91)/t76-,77-,78-/m1/s1. The molecule has 0 radical (unpaired) electrons. The van der Waals surface area contributed by atoms with Crippen LogP contribution in [0, 0.1) is 11.8 Å². The van der Waals surface area contributed by atoms with Crippen LogP contribution in [-0.4, -0.2) is 96.7 Å². The predicted molar refractivity (Wildman–Crippen MR) is 414 cm³/mol. The van der Waals surface area contributed by atoms with Crippen LogP contribution in [0.15, 0.2) is 0 Å². The first kappa shape index (κ1) is 99.1. The lowest BCUT2D eigenvalue weighted by Crippen LogP contribution is -2.30. The molecule has 0 aliphatic carbocycles. The summed E-state index contributed by atoms with van der Waals surface area (Å²) < 4.78 is 68.7. The maximum absolute atomic E-state index is 13.1. The van der Waals surface area contributed by atoms with Crippen molar-refractivity contribution in [3.8, 4) is 0 Å². The maximum atomic E-state index is 13.1. The molecule has 0 aliphatic rings. The Morgan fingerprint density at radius 3 is 0.673 bits per heavy atom. The zero-order valence-corrected chi connectivity index (χ0v) is 68.0. The summed E-state index contributed by atoms with van der Waals surface area (Å²) >= 11 is 0. The van der Waals surface area contributed by atoms with Crippen molar-refractivity contribution in [3.05, 3.63) is 0 Å². The molecule has 0 aromatic heterocycles. The van der Waals surface area contributed by atoms with Gasteiger partial charge in [0.1, 0.15) is 19.3 Å². The Kier molecular flexibility index (Phi) is 72.2. The molecule has 17 nitrogen and oxygen atoms in total. The summed E-state index contributed by atoms with van der Waals surface area (Å²) in [7, 11) is -9.92. The summed E-state index contributed by atoms with van der Waals surface area (Å²) in [5.41, 5.74) is 0. The van der Waals surface area contributed by atoms with Crippen LogP contribution in [0.2, 0.25) is 0 Å². The van der Waals surface area contributed by atoms with Gasteiger partial charge in [-0.2, -0.15) is 0 Å². The molecule has 0 aromatic carbocycles. The number of carbonyl (C=O) groups is 4. The van der Waals surface area contributed by atoms with Crippen LogP contribution in [0.3, 0.4) is 0 Å². The Labute approximate surface area is 619 Å². The van der Waals surface area contributed by atoms with E-state index in [1.54, 1.807) is 0 Å². The number of hydrogen-bond donors (Lipinski definition) is 3. The van der Waals surface area contributed by atoms with Gasteiger partial charge in [0.05, 0.1) is 26.4 Å². The number of unbranched alkanes of at least 4 members (excludes halogenated alkanes) is 51. The molecule has 2 unspecified atom stereocenters. The first-order chi connectivity index (χ1) is 48.9. The van der Waals surface area contributed by atoms with Gasteiger partial charge in [-0.05, 0) is 37.5 Å². The van der Waals surface area contributed by atoms with E-state index in [4.69, 9.17) is 37.0 Å². The number of esters is 4. The molecule has 0 fully saturated rings. The SMILES string of the molecule is CCCCCCCCCCCCCCCCCCCCCC(=O)OC[C@H](COP(=O)(O)OC[C@@H](O)COP(=O)(O)OC[C@@H](COC(=O)CCCCCCCCC(C)C)OC(=O)CCCCCCCCCCCCCCCC)OC(=O)CCCCCCCCCCCCCCCCCCC(C)C. The average Bonchev–Trinajstić information content (AvgIpc) is 0.956. The summed E-state index contributed by atoms with van der Waals surface area (Å²) in [5, 5.41) is 10.6. The van der Waals surface area contributed by atoms with Crippen LogP contribution in [0.25, 0.3) is 0 Å². The van der Waals surface area contributed by atoms with Gasteiger partial charge in [-0.3, -0.25) is 37.3 Å². The second-order valence-corrected chi connectivity index (χ2v) is 33.4. The highest BCUT2D eigenvalue weighted by molar-refractivity contribution is 7.47. The van der Waals surface area contributed by atoms with Crippen molar-refractivity contribution < 1.29 is 80.2 Å². The lowest BCUT2D eigenvalue weighted by Gasteiger charge is -2.21. The molecule has 101 heavy (non-hydrogen) atoms. The monoisotopic (exact) mass is 1480 g/mol. The van der Waals surface area contributed by atoms with Gasteiger partial charge >= 0.3 is 39.5 Å². The van der Waals surface area contributed by atoms with Crippen LogP contribution in [0.4, 0.5) is 0 Å². The minimum atomic E-state index is -4.96. The van der Waals surface area contributed by atoms with Crippen molar-refractivity contribution in [3.63, 3.8) is 0 Å². The van der Waals surface area contributed by atoms with E-state index in [9.17, 15) is 43.2 Å². The van der Waals surface area contributed by atoms with E-state index < -0.39 is 97.5 Å². The molecular weight excluding hydrogens is 1320 g/mol. The molecule has 3 N–H and O–H groups in total. The summed E-state index contributed by atoms with van der Waals surface area (Å²) in [4.78, 5) is 73.0. The van der Waals surface area contributed by atoms with Crippen LogP contribution >= 0.6 is 15.6 Å². The molecule has 0 heterocycles. The number of hydrogen-bond acceptors (Lipinski definition) is 15. The molecular formula is C82H160O17P2. The number of aliphatic hydroxyl groups excluding tert-OH is 1. The quantitative estimate of drug-likeness (QED) is 0.0222. The normalized spacial score (nSPS) is 13.9. The Morgan fingerprint density at radius 1 is 0.267 bits per heavy atom. The lowest BCUT2D eigenvalue weighted by molar-refractivity contribution is -0.161. The number of aliphatic hydroxyl groups is 1. The minimum absolute atomic E-state index is 0.107. The molecule has 0 rings (SSSR count). The maximum Gasteiger partial charge on any atom is 0.472 e. The molecule has 0 saturated heterocycles. The van der Waals surface area contributed by atoms with Crippen molar-refractivity contribution in [2.75, 3.05) is 39.6 Å². The van der Waals surface area contributed by atoms with Gasteiger partial charge in [-0.15, -0.1) is 0 Å². The van der Waals surface area contributed by atoms with Crippen molar-refractivity contribution in [2.24, 2.45) is 11.8 Å². The molecule has 5 atom stereocenters. The van der Waals surface area contributed by atoms with Crippen LogP contribution < -0.4 is 0 Å². The van der Waals surface area contributed by atoms with Crippen molar-refractivity contribution in [2.45, 2.75) is 452 Å². The smallest absolute Gasteiger partial charge is 0.462 e. The molecule has 0 spiro atoms. The topological polar surface area (TPSA) is 237 Å². The van der Waals surface area contributed by atoms with E-state index in [2.05, 4.69) is 41.5 Å². The number of carbonyl (C=O) groups excluding carboxylic acids is 4. The fraction of sp³-hybridized carbons (Fsp3) is 0.951. The highest BCUT2D eigenvalue weighted by Crippen LogP contribution is 2.45. The fourth-order valence-corrected chi connectivity index (χ4v) is 14.3. The largest absolute Gasteiger partial charge is 0.472 e. The molecule has 0 bridgehead atoms. The van der Waals surface area contributed by atoms with E-state index >= 15 is 0 Å². The number of ether oxygens (including phenoxy) is 4. The first-order valence-electron chi connectivity index (χ1n) is 42.5. The van der Waals surface area contributed by atoms with Gasteiger partial charge in [-0.1, -0.05) is 382 Å². The zero-order chi connectivity index (χ0) is 74.2. The molecule has 600 valence electrons. The third-order valence-electron chi connectivity index (χ3n) is 19.2. The van der Waals surface area contributed by atoms with Crippen molar-refractivity contribution in [1.29, 1.82) is 0 Å². The van der Waals surface area contributed by atoms with Gasteiger partial charge in [0.25, 0.3) is 0 Å². The first-order valence-corrected chi connectivity index (χ1v) is 45.5. The molecule has 0 saturated carbocycles. The summed E-state index contributed by atoms with van der Waals surface area (Å²) in [6, 6.07) is 0. The average molecular weight is 1480 g/mol. The van der Waals surface area contributed by atoms with Crippen LogP contribution in [0.5, 0.6) is 0 Å². The Hall–Kier alpha value is -1.94. The number of phosphoric ester groups is 2. The third kappa shape index (κ3) is 76.1. The van der Waals surface area contributed by atoms with E-state index in [1.807, 2.05) is 0 Å². The predicted octanol–water partition coefficient (Wildman–Crippen LogP) is 24.7. The molecule has 0 aromatic rings. The Morgan fingerprint density at radius 2 is 0.455 bits per heavy atom. The van der Waals surface area contributed by atoms with Crippen molar-refractivity contribution >= 4 is 39.5 Å². The van der Waals surface area contributed by atoms with Gasteiger partial charge in [0.2, 0.25) is 0 Å². The second-order valence-electron chi connectivity index (χ2n) is 30.5. The molecule has 0 amide bonds. The second kappa shape index (κ2) is 73.6. The van der Waals surface area contributed by atoms with Crippen molar-refractivity contribution in [1.82, 2.24) is 0 Å². The van der Waals surface area contributed by atoms with E-state index in [0.29, 0.717) is 31.6 Å². The van der Waals surface area contributed by atoms with Gasteiger partial charge in [-0.25, -0.2) is 9.13 Å². The zero-order valence-electron chi connectivity index (χ0n) is 66.2. The minimum Gasteiger partial charge on any atom is -0.462 e. The summed E-state index contributed by atoms with van der Waals surface area (Å²) in [5.74, 6) is -0.620. The Bertz CT molecular complexity index is 1940. The highest BCUT2D eigenvalue weighted by Gasteiger charge is 2.30. The van der Waals surface area contributed by atoms with E-state index in [1.165, 1.54) is 244 Å². The van der Waals surface area contributed by atoms with Crippen LogP contribution in [0.1, 0.15) is 433 Å². The van der Waals surface area contributed by atoms with Gasteiger partial charge in [0.15, 0.2) is 12.2 Å². The van der Waals surface area contributed by atoms with Gasteiger partial charge < -0.3 is 33.8 Å². The Balaban J connectivity index is 5.21.